The van der Waals surface area contributed by atoms with Crippen molar-refractivity contribution in [1.82, 2.24) is 5.32 Å². The summed E-state index contributed by atoms with van der Waals surface area (Å²) in [5.41, 5.74) is 0. The van der Waals surface area contributed by atoms with Gasteiger partial charge in [0.2, 0.25) is 0 Å². The monoisotopic (exact) mass is 225 g/mol. The van der Waals surface area contributed by atoms with Crippen LogP contribution in [-0.4, -0.2) is 25.3 Å². The summed E-state index contributed by atoms with van der Waals surface area (Å²) in [5.74, 6) is 2.70. The van der Waals surface area contributed by atoms with Gasteiger partial charge in [0, 0.05) is 19.1 Å². The average Bonchev–Trinajstić information content (AvgIpc) is 2.31. The third-order valence-electron chi connectivity index (χ3n) is 2.72. The minimum absolute atomic E-state index is 0.328. The quantitative estimate of drug-likeness (QED) is 0.456. The van der Waals surface area contributed by atoms with Gasteiger partial charge >= 0.3 is 0 Å². The maximum Gasteiger partial charge on any atom is 0.0725 e. The maximum absolute atomic E-state index is 5.77. The van der Waals surface area contributed by atoms with E-state index in [0.717, 1.165) is 45.3 Å². The molecule has 0 aromatic heterocycles. The Kier molecular flexibility index (Phi) is 10.6. The SMILES string of the molecule is C#CCCCC(NCCC)C(CC)OCC. The Hall–Kier alpha value is -0.520. The van der Waals surface area contributed by atoms with Gasteiger partial charge in [-0.15, -0.1) is 12.3 Å². The van der Waals surface area contributed by atoms with Crippen molar-refractivity contribution in [2.24, 2.45) is 0 Å². The van der Waals surface area contributed by atoms with E-state index >= 15 is 0 Å². The molecule has 0 radical (unpaired) electrons. The molecule has 0 saturated heterocycles. The Bertz CT molecular complexity index is 186. The summed E-state index contributed by atoms with van der Waals surface area (Å²) in [6.45, 7) is 8.28. The molecule has 0 fully saturated rings. The molecule has 0 saturated carbocycles. The van der Waals surface area contributed by atoms with E-state index in [1.165, 1.54) is 0 Å². The van der Waals surface area contributed by atoms with Crippen LogP contribution in [0.2, 0.25) is 0 Å². The Morgan fingerprint density at radius 3 is 2.56 bits per heavy atom. The molecule has 0 heterocycles. The molecule has 1 N–H and O–H groups in total. The molecule has 2 atom stereocenters. The zero-order valence-corrected chi connectivity index (χ0v) is 11.1. The first-order valence-corrected chi connectivity index (χ1v) is 6.58. The predicted octanol–water partition coefficient (Wildman–Crippen LogP) is 2.97. The summed E-state index contributed by atoms with van der Waals surface area (Å²) in [6.07, 6.45) is 10.9. The molecule has 0 aliphatic heterocycles. The molecular weight excluding hydrogens is 198 g/mol. The lowest BCUT2D eigenvalue weighted by molar-refractivity contribution is 0.0293. The highest BCUT2D eigenvalue weighted by atomic mass is 16.5. The van der Waals surface area contributed by atoms with Gasteiger partial charge < -0.3 is 10.1 Å². The molecule has 0 aliphatic carbocycles. The minimum Gasteiger partial charge on any atom is -0.377 e. The Balaban J connectivity index is 4.09. The van der Waals surface area contributed by atoms with E-state index in [4.69, 9.17) is 11.2 Å². The molecular formula is C14H27NO. The molecule has 0 bridgehead atoms. The van der Waals surface area contributed by atoms with Gasteiger partial charge in [-0.05, 0) is 39.2 Å². The van der Waals surface area contributed by atoms with Crippen molar-refractivity contribution < 1.29 is 4.74 Å². The summed E-state index contributed by atoms with van der Waals surface area (Å²) < 4.78 is 5.77. The molecule has 94 valence electrons. The first-order valence-electron chi connectivity index (χ1n) is 6.58. The van der Waals surface area contributed by atoms with Crippen molar-refractivity contribution in [3.8, 4) is 12.3 Å². The lowest BCUT2D eigenvalue weighted by Gasteiger charge is -2.27. The first-order chi connectivity index (χ1) is 7.79. The van der Waals surface area contributed by atoms with Gasteiger partial charge in [-0.1, -0.05) is 13.8 Å². The van der Waals surface area contributed by atoms with Crippen molar-refractivity contribution in [3.05, 3.63) is 0 Å². The van der Waals surface area contributed by atoms with Crippen LogP contribution < -0.4 is 5.32 Å². The summed E-state index contributed by atoms with van der Waals surface area (Å²) in [4.78, 5) is 0. The van der Waals surface area contributed by atoms with E-state index in [1.807, 2.05) is 0 Å². The summed E-state index contributed by atoms with van der Waals surface area (Å²) >= 11 is 0. The minimum atomic E-state index is 0.328. The highest BCUT2D eigenvalue weighted by Crippen LogP contribution is 2.11. The molecule has 0 spiro atoms. The van der Waals surface area contributed by atoms with Crippen LogP contribution in [0.25, 0.3) is 0 Å². The van der Waals surface area contributed by atoms with E-state index < -0.39 is 0 Å². The molecule has 0 rings (SSSR count). The number of unbranched alkanes of at least 4 members (excludes halogenated alkanes) is 1. The second kappa shape index (κ2) is 11.0. The number of terminal acetylenes is 1. The van der Waals surface area contributed by atoms with Crippen molar-refractivity contribution in [3.63, 3.8) is 0 Å². The summed E-state index contributed by atoms with van der Waals surface area (Å²) in [6, 6.07) is 0.457. The highest BCUT2D eigenvalue weighted by molar-refractivity contribution is 4.85. The van der Waals surface area contributed by atoms with Crippen molar-refractivity contribution in [1.29, 1.82) is 0 Å². The van der Waals surface area contributed by atoms with Crippen molar-refractivity contribution in [2.75, 3.05) is 13.2 Å². The molecule has 0 aromatic carbocycles. The normalized spacial score (nSPS) is 14.4. The fraction of sp³-hybridized carbons (Fsp3) is 0.857. The summed E-state index contributed by atoms with van der Waals surface area (Å²) in [7, 11) is 0. The molecule has 0 aliphatic rings. The molecule has 0 aromatic rings. The fourth-order valence-corrected chi connectivity index (χ4v) is 1.91. The van der Waals surface area contributed by atoms with Gasteiger partial charge in [0.1, 0.15) is 0 Å². The topological polar surface area (TPSA) is 21.3 Å². The smallest absolute Gasteiger partial charge is 0.0725 e. The van der Waals surface area contributed by atoms with Gasteiger partial charge in [-0.3, -0.25) is 0 Å². The second-order valence-electron chi connectivity index (χ2n) is 4.06. The van der Waals surface area contributed by atoms with E-state index in [9.17, 15) is 0 Å². The van der Waals surface area contributed by atoms with Crippen LogP contribution in [0.4, 0.5) is 0 Å². The van der Waals surface area contributed by atoms with Crippen LogP contribution in [0.5, 0.6) is 0 Å². The number of hydrogen-bond acceptors (Lipinski definition) is 2. The number of hydrogen-bond donors (Lipinski definition) is 1. The van der Waals surface area contributed by atoms with E-state index in [-0.39, 0.29) is 0 Å². The summed E-state index contributed by atoms with van der Waals surface area (Å²) in [5, 5.41) is 3.57. The number of ether oxygens (including phenoxy) is 1. The van der Waals surface area contributed by atoms with E-state index in [1.54, 1.807) is 0 Å². The van der Waals surface area contributed by atoms with Crippen LogP contribution in [0, 0.1) is 12.3 Å². The molecule has 2 heteroatoms. The Labute approximate surface area is 101 Å². The van der Waals surface area contributed by atoms with E-state index in [2.05, 4.69) is 32.0 Å². The lowest BCUT2D eigenvalue weighted by atomic mass is 10.0. The van der Waals surface area contributed by atoms with Crippen LogP contribution >= 0.6 is 0 Å². The Morgan fingerprint density at radius 1 is 1.31 bits per heavy atom. The first kappa shape index (κ1) is 15.5. The molecule has 0 amide bonds. The zero-order chi connectivity index (χ0) is 12.2. The van der Waals surface area contributed by atoms with Gasteiger partial charge in [0.15, 0.2) is 0 Å². The van der Waals surface area contributed by atoms with Gasteiger partial charge in [0.05, 0.1) is 6.10 Å². The van der Waals surface area contributed by atoms with Crippen molar-refractivity contribution >= 4 is 0 Å². The predicted molar refractivity (Wildman–Crippen MR) is 70.5 cm³/mol. The average molecular weight is 225 g/mol. The highest BCUT2D eigenvalue weighted by Gasteiger charge is 2.18. The molecule has 16 heavy (non-hydrogen) atoms. The lowest BCUT2D eigenvalue weighted by Crippen LogP contribution is -2.41. The van der Waals surface area contributed by atoms with Crippen LogP contribution in [0.1, 0.15) is 52.9 Å². The van der Waals surface area contributed by atoms with Crippen LogP contribution in [0.3, 0.4) is 0 Å². The van der Waals surface area contributed by atoms with Crippen LogP contribution in [0.15, 0.2) is 0 Å². The van der Waals surface area contributed by atoms with Gasteiger partial charge in [-0.2, -0.15) is 0 Å². The van der Waals surface area contributed by atoms with Gasteiger partial charge in [-0.25, -0.2) is 0 Å². The van der Waals surface area contributed by atoms with E-state index in [0.29, 0.717) is 12.1 Å². The Morgan fingerprint density at radius 2 is 2.06 bits per heavy atom. The zero-order valence-electron chi connectivity index (χ0n) is 11.1. The van der Waals surface area contributed by atoms with Crippen molar-refractivity contribution in [2.45, 2.75) is 65.0 Å². The third-order valence-corrected chi connectivity index (χ3v) is 2.72. The molecule has 2 nitrogen and oxygen atoms in total. The third kappa shape index (κ3) is 6.87. The molecule has 2 unspecified atom stereocenters. The number of nitrogens with one attached hydrogen (secondary N) is 1. The fourth-order valence-electron chi connectivity index (χ4n) is 1.91. The van der Waals surface area contributed by atoms with Crippen LogP contribution in [-0.2, 0) is 4.74 Å². The standard InChI is InChI=1S/C14H27NO/c1-5-9-10-11-13(15-12-6-2)14(7-3)16-8-4/h1,13-15H,6-12H2,2-4H3. The second-order valence-corrected chi connectivity index (χ2v) is 4.06. The maximum atomic E-state index is 5.77. The van der Waals surface area contributed by atoms with Gasteiger partial charge in [0.25, 0.3) is 0 Å². The number of rotatable bonds is 10. The largest absolute Gasteiger partial charge is 0.377 e.